The van der Waals surface area contributed by atoms with Crippen LogP contribution in [0.3, 0.4) is 0 Å². The van der Waals surface area contributed by atoms with E-state index in [-0.39, 0.29) is 10.8 Å². The van der Waals surface area contributed by atoms with Crippen LogP contribution in [0.4, 0.5) is 0 Å². The van der Waals surface area contributed by atoms with Crippen molar-refractivity contribution < 1.29 is 17.9 Å². The van der Waals surface area contributed by atoms with Gasteiger partial charge in [-0.1, -0.05) is 60.7 Å². The molecule has 1 atom stereocenters. The molecule has 0 unspecified atom stereocenters. The SMILES string of the molecule is CCOc1ccc(S(=O)(=O)N[C@H](Cc2ccccc2)C(=O)N2CCC(Cc3ccccc3)CC2)cc1. The number of carbonyl (C=O) groups is 1. The van der Waals surface area contributed by atoms with E-state index in [9.17, 15) is 13.2 Å². The molecule has 1 amide bonds. The largest absolute Gasteiger partial charge is 0.494 e. The highest BCUT2D eigenvalue weighted by molar-refractivity contribution is 7.89. The molecular formula is C29H34N2O4S. The normalized spacial score (nSPS) is 15.4. The van der Waals surface area contributed by atoms with E-state index in [0.717, 1.165) is 24.8 Å². The monoisotopic (exact) mass is 506 g/mol. The van der Waals surface area contributed by atoms with Gasteiger partial charge in [0, 0.05) is 13.1 Å². The van der Waals surface area contributed by atoms with Crippen LogP contribution < -0.4 is 9.46 Å². The molecule has 1 fully saturated rings. The van der Waals surface area contributed by atoms with Crippen LogP contribution in [0.15, 0.2) is 89.8 Å². The molecule has 0 saturated carbocycles. The topological polar surface area (TPSA) is 75.7 Å². The molecule has 1 heterocycles. The summed E-state index contributed by atoms with van der Waals surface area (Å²) in [6.07, 6.45) is 3.11. The zero-order valence-corrected chi connectivity index (χ0v) is 21.5. The van der Waals surface area contributed by atoms with Crippen molar-refractivity contribution in [3.8, 4) is 5.75 Å². The molecule has 190 valence electrons. The van der Waals surface area contributed by atoms with Crippen molar-refractivity contribution in [2.24, 2.45) is 5.92 Å². The Hall–Kier alpha value is -3.16. The maximum atomic E-state index is 13.6. The number of nitrogens with zero attached hydrogens (tertiary/aromatic N) is 1. The molecule has 0 spiro atoms. The van der Waals surface area contributed by atoms with Gasteiger partial charge in [0.1, 0.15) is 11.8 Å². The van der Waals surface area contributed by atoms with Gasteiger partial charge in [-0.2, -0.15) is 4.72 Å². The third-order valence-corrected chi connectivity index (χ3v) is 8.10. The first-order chi connectivity index (χ1) is 17.4. The van der Waals surface area contributed by atoms with Crippen molar-refractivity contribution in [1.29, 1.82) is 0 Å². The van der Waals surface area contributed by atoms with E-state index in [1.165, 1.54) is 17.7 Å². The number of carbonyl (C=O) groups excluding carboxylic acids is 1. The molecule has 36 heavy (non-hydrogen) atoms. The molecule has 7 heteroatoms. The number of rotatable bonds is 10. The fraction of sp³-hybridized carbons (Fsp3) is 0.345. The second-order valence-electron chi connectivity index (χ2n) is 9.23. The molecule has 1 saturated heterocycles. The summed E-state index contributed by atoms with van der Waals surface area (Å²) in [4.78, 5) is 15.5. The number of benzene rings is 3. The minimum absolute atomic E-state index is 0.110. The van der Waals surface area contributed by atoms with Gasteiger partial charge in [0.25, 0.3) is 0 Å². The maximum Gasteiger partial charge on any atom is 0.241 e. The summed E-state index contributed by atoms with van der Waals surface area (Å²) in [5.74, 6) is 0.947. The molecule has 4 rings (SSSR count). The van der Waals surface area contributed by atoms with E-state index in [2.05, 4.69) is 29.0 Å². The van der Waals surface area contributed by atoms with Gasteiger partial charge in [-0.25, -0.2) is 8.42 Å². The number of hydrogen-bond acceptors (Lipinski definition) is 4. The van der Waals surface area contributed by atoms with Crippen LogP contribution in [0.5, 0.6) is 5.75 Å². The van der Waals surface area contributed by atoms with Crippen molar-refractivity contribution >= 4 is 15.9 Å². The van der Waals surface area contributed by atoms with Gasteiger partial charge in [0.2, 0.25) is 15.9 Å². The average molecular weight is 507 g/mol. The molecule has 3 aromatic rings. The first-order valence-electron chi connectivity index (χ1n) is 12.6. The van der Waals surface area contributed by atoms with Crippen LogP contribution in [0, 0.1) is 5.92 Å². The van der Waals surface area contributed by atoms with Crippen LogP contribution in [-0.2, 0) is 27.7 Å². The first-order valence-corrected chi connectivity index (χ1v) is 14.0. The summed E-state index contributed by atoms with van der Waals surface area (Å²) in [5, 5.41) is 0. The molecule has 3 aromatic carbocycles. The number of nitrogens with one attached hydrogen (secondary N) is 1. The fourth-order valence-electron chi connectivity index (χ4n) is 4.69. The van der Waals surface area contributed by atoms with E-state index in [1.807, 2.05) is 48.2 Å². The van der Waals surface area contributed by atoms with Crippen molar-refractivity contribution in [3.05, 3.63) is 96.1 Å². The Morgan fingerprint density at radius 3 is 2.08 bits per heavy atom. The van der Waals surface area contributed by atoms with E-state index in [4.69, 9.17) is 4.74 Å². The second-order valence-corrected chi connectivity index (χ2v) is 10.9. The van der Waals surface area contributed by atoms with E-state index in [1.54, 1.807) is 12.1 Å². The third kappa shape index (κ3) is 6.95. The lowest BCUT2D eigenvalue weighted by molar-refractivity contribution is -0.134. The van der Waals surface area contributed by atoms with Gasteiger partial charge >= 0.3 is 0 Å². The van der Waals surface area contributed by atoms with Crippen LogP contribution in [0.25, 0.3) is 0 Å². The van der Waals surface area contributed by atoms with Crippen LogP contribution in [-0.4, -0.2) is 45.0 Å². The molecule has 1 aliphatic heterocycles. The highest BCUT2D eigenvalue weighted by atomic mass is 32.2. The molecule has 0 radical (unpaired) electrons. The van der Waals surface area contributed by atoms with Gasteiger partial charge in [0.15, 0.2) is 0 Å². The molecule has 0 aliphatic carbocycles. The average Bonchev–Trinajstić information content (AvgIpc) is 2.90. The minimum Gasteiger partial charge on any atom is -0.494 e. The minimum atomic E-state index is -3.90. The number of amides is 1. The zero-order chi connectivity index (χ0) is 25.4. The summed E-state index contributed by atoms with van der Waals surface area (Å²) < 4.78 is 34.6. The first kappa shape index (κ1) is 25.9. The summed E-state index contributed by atoms with van der Waals surface area (Å²) in [6.45, 7) is 3.63. The van der Waals surface area contributed by atoms with E-state index < -0.39 is 16.1 Å². The number of piperidine rings is 1. The van der Waals surface area contributed by atoms with E-state index in [0.29, 0.717) is 37.8 Å². The fourth-order valence-corrected chi connectivity index (χ4v) is 5.88. The van der Waals surface area contributed by atoms with Gasteiger partial charge in [-0.3, -0.25) is 4.79 Å². The molecule has 0 bridgehead atoms. The Balaban J connectivity index is 1.46. The Labute approximate surface area is 214 Å². The highest BCUT2D eigenvalue weighted by Gasteiger charge is 2.32. The quantitative estimate of drug-likeness (QED) is 0.441. The van der Waals surface area contributed by atoms with Crippen molar-refractivity contribution in [3.63, 3.8) is 0 Å². The second kappa shape index (κ2) is 12.2. The van der Waals surface area contributed by atoms with Crippen LogP contribution in [0.2, 0.25) is 0 Å². The number of ether oxygens (including phenoxy) is 1. The number of sulfonamides is 1. The smallest absolute Gasteiger partial charge is 0.241 e. The van der Waals surface area contributed by atoms with Gasteiger partial charge in [-0.15, -0.1) is 0 Å². The third-order valence-electron chi connectivity index (χ3n) is 6.62. The van der Waals surface area contributed by atoms with Crippen molar-refractivity contribution in [1.82, 2.24) is 9.62 Å². The van der Waals surface area contributed by atoms with Crippen LogP contribution in [0.1, 0.15) is 30.9 Å². The van der Waals surface area contributed by atoms with Gasteiger partial charge in [-0.05, 0) is 73.9 Å². The maximum absolute atomic E-state index is 13.6. The lowest BCUT2D eigenvalue weighted by Gasteiger charge is -2.34. The molecule has 1 N–H and O–H groups in total. The summed E-state index contributed by atoms with van der Waals surface area (Å²) in [7, 11) is -3.90. The van der Waals surface area contributed by atoms with E-state index >= 15 is 0 Å². The highest BCUT2D eigenvalue weighted by Crippen LogP contribution is 2.23. The summed E-state index contributed by atoms with van der Waals surface area (Å²) in [5.41, 5.74) is 2.22. The van der Waals surface area contributed by atoms with Gasteiger partial charge < -0.3 is 9.64 Å². The van der Waals surface area contributed by atoms with Crippen LogP contribution >= 0.6 is 0 Å². The Kier molecular flexibility index (Phi) is 8.78. The summed E-state index contributed by atoms with van der Waals surface area (Å²) in [6, 6.07) is 25.3. The van der Waals surface area contributed by atoms with Crippen molar-refractivity contribution in [2.75, 3.05) is 19.7 Å². The predicted molar refractivity (Wildman–Crippen MR) is 141 cm³/mol. The van der Waals surface area contributed by atoms with Crippen molar-refractivity contribution in [2.45, 2.75) is 43.5 Å². The molecular weight excluding hydrogens is 472 g/mol. The van der Waals surface area contributed by atoms with Gasteiger partial charge in [0.05, 0.1) is 11.5 Å². The standard InChI is InChI=1S/C29H34N2O4S/c1-2-35-26-13-15-27(16-14-26)36(33,34)30-28(22-24-11-7-4-8-12-24)29(32)31-19-17-25(18-20-31)21-23-9-5-3-6-10-23/h3-16,25,28,30H,2,17-22H2,1H3/t28-/m1/s1. The predicted octanol–water partition coefficient (Wildman–Crippen LogP) is 4.46. The zero-order valence-electron chi connectivity index (χ0n) is 20.7. The Bertz CT molecular complexity index is 1210. The molecule has 6 nitrogen and oxygen atoms in total. The molecule has 1 aliphatic rings. The number of hydrogen-bond donors (Lipinski definition) is 1. The Morgan fingerprint density at radius 1 is 0.917 bits per heavy atom. The lowest BCUT2D eigenvalue weighted by atomic mass is 9.90. The molecule has 0 aromatic heterocycles. The number of likely N-dealkylation sites (tertiary alicyclic amines) is 1. The lowest BCUT2D eigenvalue weighted by Crippen LogP contribution is -2.51. The summed E-state index contributed by atoms with van der Waals surface area (Å²) >= 11 is 0. The Morgan fingerprint density at radius 2 is 1.50 bits per heavy atom.